The van der Waals surface area contributed by atoms with Crippen molar-refractivity contribution >= 4 is 28.5 Å². The molecule has 0 saturated carbocycles. The van der Waals surface area contributed by atoms with Gasteiger partial charge in [0, 0.05) is 11.9 Å². The zero-order valence-electron chi connectivity index (χ0n) is 13.2. The van der Waals surface area contributed by atoms with Crippen molar-refractivity contribution in [1.29, 1.82) is 0 Å². The van der Waals surface area contributed by atoms with E-state index in [0.717, 1.165) is 38.9 Å². The number of anilines is 1. The summed E-state index contributed by atoms with van der Waals surface area (Å²) >= 11 is 1.65. The molecule has 0 atom stereocenters. The van der Waals surface area contributed by atoms with Gasteiger partial charge in [-0.3, -0.25) is 0 Å². The molecule has 3 aromatic rings. The van der Waals surface area contributed by atoms with E-state index in [4.69, 9.17) is 4.74 Å². The summed E-state index contributed by atoms with van der Waals surface area (Å²) in [6.45, 7) is 2.79. The Bertz CT molecular complexity index is 807. The number of aromatic nitrogens is 2. The number of ether oxygens (including phenoxy) is 1. The monoisotopic (exact) mass is 325 g/mol. The zero-order chi connectivity index (χ0) is 16.1. The van der Waals surface area contributed by atoms with Crippen LogP contribution >= 0.6 is 11.8 Å². The second-order valence-corrected chi connectivity index (χ2v) is 6.24. The Hall–Kier alpha value is -2.27. The van der Waals surface area contributed by atoms with Crippen LogP contribution in [0.1, 0.15) is 12.5 Å². The Morgan fingerprint density at radius 1 is 1.09 bits per heavy atom. The molecule has 0 saturated heterocycles. The number of thioether (sulfide) groups is 1. The Morgan fingerprint density at radius 3 is 2.78 bits per heavy atom. The Labute approximate surface area is 140 Å². The molecule has 0 spiro atoms. The maximum Gasteiger partial charge on any atom is 0.190 e. The molecular formula is C18H19N3OS. The highest BCUT2D eigenvalue weighted by Gasteiger charge is 2.07. The maximum absolute atomic E-state index is 5.27. The molecule has 0 aliphatic rings. The van der Waals surface area contributed by atoms with Gasteiger partial charge in [0.15, 0.2) is 5.16 Å². The zero-order valence-corrected chi connectivity index (χ0v) is 14.1. The van der Waals surface area contributed by atoms with E-state index >= 15 is 0 Å². The molecule has 23 heavy (non-hydrogen) atoms. The van der Waals surface area contributed by atoms with Crippen molar-refractivity contribution in [3.8, 4) is 5.75 Å². The molecule has 1 N–H and O–H groups in total. The Kier molecular flexibility index (Phi) is 4.98. The number of fused-ring (bicyclic) bond motifs is 1. The van der Waals surface area contributed by atoms with Crippen molar-refractivity contribution in [3.63, 3.8) is 0 Å². The number of benzene rings is 2. The van der Waals surface area contributed by atoms with E-state index in [1.54, 1.807) is 18.9 Å². The van der Waals surface area contributed by atoms with Gasteiger partial charge in [-0.1, -0.05) is 43.0 Å². The largest absolute Gasteiger partial charge is 0.497 e. The van der Waals surface area contributed by atoms with Gasteiger partial charge < -0.3 is 10.1 Å². The summed E-state index contributed by atoms with van der Waals surface area (Å²) in [6.07, 6.45) is 0. The van der Waals surface area contributed by atoms with E-state index in [0.29, 0.717) is 6.54 Å². The lowest BCUT2D eigenvalue weighted by Crippen LogP contribution is -2.04. The third-order valence-corrected chi connectivity index (χ3v) is 4.18. The number of nitrogens with one attached hydrogen (secondary N) is 1. The smallest absolute Gasteiger partial charge is 0.190 e. The van der Waals surface area contributed by atoms with E-state index in [1.807, 2.05) is 42.5 Å². The first-order valence-electron chi connectivity index (χ1n) is 7.56. The summed E-state index contributed by atoms with van der Waals surface area (Å²) in [4.78, 5) is 9.26. The van der Waals surface area contributed by atoms with Crippen molar-refractivity contribution in [3.05, 3.63) is 54.1 Å². The maximum atomic E-state index is 5.27. The molecule has 0 aliphatic heterocycles. The fourth-order valence-electron chi connectivity index (χ4n) is 2.35. The average Bonchev–Trinajstić information content (AvgIpc) is 2.60. The van der Waals surface area contributed by atoms with Gasteiger partial charge in [-0.05, 0) is 35.6 Å². The molecule has 0 radical (unpaired) electrons. The molecule has 4 nitrogen and oxygen atoms in total. The molecule has 0 amide bonds. The molecule has 1 aromatic heterocycles. The number of methoxy groups -OCH3 is 1. The van der Waals surface area contributed by atoms with Crippen LogP contribution in [0.25, 0.3) is 10.9 Å². The lowest BCUT2D eigenvalue weighted by molar-refractivity contribution is 0.414. The van der Waals surface area contributed by atoms with Gasteiger partial charge in [-0.15, -0.1) is 0 Å². The molecular weight excluding hydrogens is 306 g/mol. The van der Waals surface area contributed by atoms with Crippen LogP contribution in [-0.4, -0.2) is 22.8 Å². The lowest BCUT2D eigenvalue weighted by atomic mass is 10.2. The molecule has 2 aromatic carbocycles. The molecule has 3 rings (SSSR count). The first-order chi connectivity index (χ1) is 11.3. The third kappa shape index (κ3) is 3.74. The first-order valence-corrected chi connectivity index (χ1v) is 8.55. The second-order valence-electron chi connectivity index (χ2n) is 5.01. The van der Waals surface area contributed by atoms with E-state index in [-0.39, 0.29) is 0 Å². The molecule has 118 valence electrons. The number of para-hydroxylation sites is 1. The van der Waals surface area contributed by atoms with Crippen molar-refractivity contribution in [2.45, 2.75) is 18.6 Å². The second kappa shape index (κ2) is 7.33. The van der Waals surface area contributed by atoms with Crippen LogP contribution in [0.15, 0.2) is 53.7 Å². The fraction of sp³-hybridized carbons (Fsp3) is 0.222. The highest BCUT2D eigenvalue weighted by atomic mass is 32.2. The molecule has 0 fully saturated rings. The topological polar surface area (TPSA) is 47.0 Å². The van der Waals surface area contributed by atoms with Gasteiger partial charge in [0.1, 0.15) is 11.6 Å². The van der Waals surface area contributed by atoms with E-state index < -0.39 is 0 Å². The van der Waals surface area contributed by atoms with Crippen molar-refractivity contribution in [1.82, 2.24) is 9.97 Å². The number of hydrogen-bond donors (Lipinski definition) is 1. The SMILES string of the molecule is CCSc1nc(NCc2cccc(OC)c2)c2ccccc2n1. The van der Waals surface area contributed by atoms with Gasteiger partial charge >= 0.3 is 0 Å². The van der Waals surface area contributed by atoms with Crippen molar-refractivity contribution < 1.29 is 4.74 Å². The molecule has 1 heterocycles. The summed E-state index contributed by atoms with van der Waals surface area (Å²) in [5, 5.41) is 5.28. The van der Waals surface area contributed by atoms with E-state index in [2.05, 4.69) is 28.3 Å². The molecule has 5 heteroatoms. The van der Waals surface area contributed by atoms with Gasteiger partial charge in [0.2, 0.25) is 0 Å². The molecule has 0 bridgehead atoms. The summed E-state index contributed by atoms with van der Waals surface area (Å²) in [7, 11) is 1.68. The Morgan fingerprint density at radius 2 is 1.96 bits per heavy atom. The van der Waals surface area contributed by atoms with Gasteiger partial charge in [0.25, 0.3) is 0 Å². The molecule has 0 unspecified atom stereocenters. The van der Waals surface area contributed by atoms with Gasteiger partial charge in [0.05, 0.1) is 12.6 Å². The van der Waals surface area contributed by atoms with Crippen LogP contribution in [0.4, 0.5) is 5.82 Å². The standard InChI is InChI=1S/C18H19N3OS/c1-3-23-18-20-16-10-5-4-9-15(16)17(21-18)19-12-13-7-6-8-14(11-13)22-2/h4-11H,3,12H2,1-2H3,(H,19,20,21). The van der Waals surface area contributed by atoms with Crippen molar-refractivity contribution in [2.24, 2.45) is 0 Å². The number of rotatable bonds is 6. The van der Waals surface area contributed by atoms with Crippen LogP contribution in [0, 0.1) is 0 Å². The fourth-order valence-corrected chi connectivity index (χ4v) is 2.93. The number of nitrogens with zero attached hydrogens (tertiary/aromatic N) is 2. The van der Waals surface area contributed by atoms with Gasteiger partial charge in [-0.2, -0.15) is 0 Å². The van der Waals surface area contributed by atoms with Crippen LogP contribution in [0.3, 0.4) is 0 Å². The predicted octanol–water partition coefficient (Wildman–Crippen LogP) is 4.36. The highest BCUT2D eigenvalue weighted by Crippen LogP contribution is 2.25. The summed E-state index contributed by atoms with van der Waals surface area (Å²) in [6, 6.07) is 16.1. The Balaban J connectivity index is 1.88. The quantitative estimate of drug-likeness (QED) is 0.539. The van der Waals surface area contributed by atoms with Crippen LogP contribution in [-0.2, 0) is 6.54 Å². The minimum absolute atomic E-state index is 0.689. The summed E-state index contributed by atoms with van der Waals surface area (Å²) in [5.41, 5.74) is 2.11. The summed E-state index contributed by atoms with van der Waals surface area (Å²) in [5.74, 6) is 2.68. The average molecular weight is 325 g/mol. The van der Waals surface area contributed by atoms with Crippen LogP contribution in [0.5, 0.6) is 5.75 Å². The predicted molar refractivity (Wildman–Crippen MR) is 96.3 cm³/mol. The normalized spacial score (nSPS) is 10.7. The van der Waals surface area contributed by atoms with Crippen LogP contribution in [0.2, 0.25) is 0 Å². The first kappa shape index (κ1) is 15.6. The van der Waals surface area contributed by atoms with Gasteiger partial charge in [-0.25, -0.2) is 9.97 Å². The number of hydrogen-bond acceptors (Lipinski definition) is 5. The highest BCUT2D eigenvalue weighted by molar-refractivity contribution is 7.99. The lowest BCUT2D eigenvalue weighted by Gasteiger charge is -2.11. The van der Waals surface area contributed by atoms with E-state index in [1.165, 1.54) is 0 Å². The third-order valence-electron chi connectivity index (χ3n) is 3.45. The minimum atomic E-state index is 0.689. The van der Waals surface area contributed by atoms with E-state index in [9.17, 15) is 0 Å². The minimum Gasteiger partial charge on any atom is -0.497 e. The molecule has 0 aliphatic carbocycles. The summed E-state index contributed by atoms with van der Waals surface area (Å²) < 4.78 is 5.27. The van der Waals surface area contributed by atoms with Crippen molar-refractivity contribution in [2.75, 3.05) is 18.2 Å². The van der Waals surface area contributed by atoms with Crippen LogP contribution < -0.4 is 10.1 Å².